The van der Waals surface area contributed by atoms with Crippen molar-refractivity contribution in [3.63, 3.8) is 0 Å². The van der Waals surface area contributed by atoms with E-state index in [1.165, 1.54) is 5.56 Å². The molecule has 0 saturated carbocycles. The molecule has 170 valence electrons. The first-order valence-electron chi connectivity index (χ1n) is 11.1. The van der Waals surface area contributed by atoms with Crippen LogP contribution in [0, 0.1) is 11.8 Å². The molecular formula is C23H39IN4O2. The predicted molar refractivity (Wildman–Crippen MR) is 134 cm³/mol. The summed E-state index contributed by atoms with van der Waals surface area (Å²) in [6.45, 7) is 12.8. The van der Waals surface area contributed by atoms with E-state index in [0.717, 1.165) is 64.9 Å². The van der Waals surface area contributed by atoms with Crippen LogP contribution in [0.1, 0.15) is 25.8 Å². The molecule has 2 atom stereocenters. The van der Waals surface area contributed by atoms with Gasteiger partial charge in [-0.05, 0) is 17.9 Å². The van der Waals surface area contributed by atoms with Crippen molar-refractivity contribution in [2.45, 2.75) is 32.9 Å². The molecule has 0 spiro atoms. The van der Waals surface area contributed by atoms with Gasteiger partial charge in [0.1, 0.15) is 0 Å². The van der Waals surface area contributed by atoms with Crippen LogP contribution in [0.15, 0.2) is 35.3 Å². The lowest BCUT2D eigenvalue weighted by Gasteiger charge is -2.37. The Labute approximate surface area is 199 Å². The lowest BCUT2D eigenvalue weighted by molar-refractivity contribution is 0.00741. The number of aliphatic imine (C=N–C) groups is 1. The van der Waals surface area contributed by atoms with Crippen molar-refractivity contribution >= 4 is 29.9 Å². The zero-order valence-corrected chi connectivity index (χ0v) is 21.1. The van der Waals surface area contributed by atoms with Crippen LogP contribution in [-0.4, -0.2) is 81.4 Å². The summed E-state index contributed by atoms with van der Waals surface area (Å²) in [6, 6.07) is 10.9. The van der Waals surface area contributed by atoms with E-state index in [1.807, 2.05) is 13.1 Å². The van der Waals surface area contributed by atoms with Crippen molar-refractivity contribution < 1.29 is 9.47 Å². The number of ether oxygens (including phenoxy) is 2. The fourth-order valence-electron chi connectivity index (χ4n) is 4.30. The van der Waals surface area contributed by atoms with Gasteiger partial charge in [-0.1, -0.05) is 44.2 Å². The highest BCUT2D eigenvalue weighted by Crippen LogP contribution is 2.18. The molecule has 30 heavy (non-hydrogen) atoms. The molecule has 1 aromatic rings. The van der Waals surface area contributed by atoms with E-state index in [4.69, 9.17) is 9.47 Å². The van der Waals surface area contributed by atoms with E-state index >= 15 is 0 Å². The highest BCUT2D eigenvalue weighted by molar-refractivity contribution is 14.0. The van der Waals surface area contributed by atoms with E-state index < -0.39 is 0 Å². The first-order valence-corrected chi connectivity index (χ1v) is 11.1. The SMILES string of the molecule is CN=C(NCC(C(C)C)N1CCOCC1)N1CCC(COCc2ccccc2)C1.I. The molecule has 2 fully saturated rings. The number of benzene rings is 1. The summed E-state index contributed by atoms with van der Waals surface area (Å²) in [6.07, 6.45) is 1.16. The fourth-order valence-corrected chi connectivity index (χ4v) is 4.30. The largest absolute Gasteiger partial charge is 0.379 e. The van der Waals surface area contributed by atoms with E-state index in [9.17, 15) is 0 Å². The molecule has 0 amide bonds. The van der Waals surface area contributed by atoms with Crippen LogP contribution in [0.2, 0.25) is 0 Å². The monoisotopic (exact) mass is 530 g/mol. The van der Waals surface area contributed by atoms with Crippen molar-refractivity contribution in [1.82, 2.24) is 15.1 Å². The standard InChI is InChI=1S/C23H38N4O2.HI/c1-19(2)22(26-11-13-28-14-12-26)15-25-23(24-3)27-10-9-21(16-27)18-29-17-20-7-5-4-6-8-20;/h4-8,19,21-22H,9-18H2,1-3H3,(H,24,25);1H. The minimum absolute atomic E-state index is 0. The number of nitrogens with one attached hydrogen (secondary N) is 1. The van der Waals surface area contributed by atoms with Crippen molar-refractivity contribution in [2.75, 3.05) is 59.6 Å². The van der Waals surface area contributed by atoms with Crippen LogP contribution in [0.3, 0.4) is 0 Å². The summed E-state index contributed by atoms with van der Waals surface area (Å²) in [5.74, 6) is 2.18. The van der Waals surface area contributed by atoms with Gasteiger partial charge in [-0.15, -0.1) is 24.0 Å². The predicted octanol–water partition coefficient (Wildman–Crippen LogP) is 3.08. The molecule has 2 aliphatic rings. The number of guanidine groups is 1. The van der Waals surface area contributed by atoms with Crippen molar-refractivity contribution in [3.8, 4) is 0 Å². The number of morpholine rings is 1. The van der Waals surface area contributed by atoms with Crippen molar-refractivity contribution in [2.24, 2.45) is 16.8 Å². The van der Waals surface area contributed by atoms with E-state index in [0.29, 0.717) is 24.5 Å². The highest BCUT2D eigenvalue weighted by Gasteiger charge is 2.27. The topological polar surface area (TPSA) is 49.3 Å². The quantitative estimate of drug-likeness (QED) is 0.318. The fraction of sp³-hybridized carbons (Fsp3) is 0.696. The molecule has 0 aromatic heterocycles. The zero-order chi connectivity index (χ0) is 20.5. The Hall–Kier alpha value is -0.900. The van der Waals surface area contributed by atoms with Gasteiger partial charge in [0.05, 0.1) is 26.4 Å². The molecule has 2 aliphatic heterocycles. The van der Waals surface area contributed by atoms with Gasteiger partial charge in [-0.2, -0.15) is 0 Å². The Morgan fingerprint density at radius 3 is 2.60 bits per heavy atom. The second-order valence-electron chi connectivity index (χ2n) is 8.49. The number of nitrogens with zero attached hydrogens (tertiary/aromatic N) is 3. The van der Waals surface area contributed by atoms with Gasteiger partial charge in [0.15, 0.2) is 5.96 Å². The van der Waals surface area contributed by atoms with Crippen LogP contribution in [-0.2, 0) is 16.1 Å². The van der Waals surface area contributed by atoms with Gasteiger partial charge in [0.2, 0.25) is 0 Å². The maximum atomic E-state index is 5.97. The Morgan fingerprint density at radius 1 is 1.20 bits per heavy atom. The third kappa shape index (κ3) is 7.66. The van der Waals surface area contributed by atoms with Gasteiger partial charge in [-0.25, -0.2) is 0 Å². The molecule has 0 aliphatic carbocycles. The van der Waals surface area contributed by atoms with Crippen LogP contribution in [0.5, 0.6) is 0 Å². The second kappa shape index (κ2) is 13.5. The Bertz CT molecular complexity index is 623. The minimum Gasteiger partial charge on any atom is -0.379 e. The number of likely N-dealkylation sites (tertiary alicyclic amines) is 1. The van der Waals surface area contributed by atoms with Gasteiger partial charge < -0.3 is 19.7 Å². The number of halogens is 1. The molecule has 1 N–H and O–H groups in total. The average Bonchev–Trinajstić information content (AvgIpc) is 3.21. The molecule has 2 heterocycles. The second-order valence-corrected chi connectivity index (χ2v) is 8.49. The maximum absolute atomic E-state index is 5.97. The summed E-state index contributed by atoms with van der Waals surface area (Å²) < 4.78 is 11.5. The average molecular weight is 530 g/mol. The Balaban J connectivity index is 0.00000320. The van der Waals surface area contributed by atoms with Gasteiger partial charge in [0, 0.05) is 51.7 Å². The van der Waals surface area contributed by atoms with E-state index in [-0.39, 0.29) is 24.0 Å². The molecule has 7 heteroatoms. The molecule has 0 bridgehead atoms. The summed E-state index contributed by atoms with van der Waals surface area (Å²) in [7, 11) is 1.89. The van der Waals surface area contributed by atoms with Gasteiger partial charge >= 0.3 is 0 Å². The third-order valence-corrected chi connectivity index (χ3v) is 6.02. The van der Waals surface area contributed by atoms with Crippen LogP contribution in [0.4, 0.5) is 0 Å². The lowest BCUT2D eigenvalue weighted by Crippen LogP contribution is -2.53. The molecule has 1 aromatic carbocycles. The van der Waals surface area contributed by atoms with Gasteiger partial charge in [-0.3, -0.25) is 9.89 Å². The van der Waals surface area contributed by atoms with E-state index in [2.05, 4.69) is 58.2 Å². The summed E-state index contributed by atoms with van der Waals surface area (Å²) >= 11 is 0. The summed E-state index contributed by atoms with van der Waals surface area (Å²) in [5.41, 5.74) is 1.24. The molecule has 3 rings (SSSR count). The zero-order valence-electron chi connectivity index (χ0n) is 18.8. The lowest BCUT2D eigenvalue weighted by atomic mass is 10.0. The summed E-state index contributed by atoms with van der Waals surface area (Å²) in [5, 5.41) is 3.65. The maximum Gasteiger partial charge on any atom is 0.193 e. The number of hydrogen-bond donors (Lipinski definition) is 1. The minimum atomic E-state index is 0. The third-order valence-electron chi connectivity index (χ3n) is 6.02. The van der Waals surface area contributed by atoms with Crippen molar-refractivity contribution in [1.29, 1.82) is 0 Å². The van der Waals surface area contributed by atoms with Crippen LogP contribution >= 0.6 is 24.0 Å². The summed E-state index contributed by atoms with van der Waals surface area (Å²) in [4.78, 5) is 9.49. The normalized spacial score (nSPS) is 21.5. The van der Waals surface area contributed by atoms with Gasteiger partial charge in [0.25, 0.3) is 0 Å². The molecule has 2 saturated heterocycles. The van der Waals surface area contributed by atoms with Crippen LogP contribution in [0.25, 0.3) is 0 Å². The van der Waals surface area contributed by atoms with Crippen molar-refractivity contribution in [3.05, 3.63) is 35.9 Å². The Kier molecular flexibility index (Phi) is 11.4. The first-order chi connectivity index (χ1) is 14.2. The molecule has 2 unspecified atom stereocenters. The number of hydrogen-bond acceptors (Lipinski definition) is 4. The smallest absolute Gasteiger partial charge is 0.193 e. The highest BCUT2D eigenvalue weighted by atomic mass is 127. The number of rotatable bonds is 8. The molecule has 0 radical (unpaired) electrons. The van der Waals surface area contributed by atoms with E-state index in [1.54, 1.807) is 0 Å². The Morgan fingerprint density at radius 2 is 1.93 bits per heavy atom. The first kappa shape index (κ1) is 25.4. The molecular weight excluding hydrogens is 491 g/mol. The molecule has 6 nitrogen and oxygen atoms in total. The van der Waals surface area contributed by atoms with Crippen LogP contribution < -0.4 is 5.32 Å².